The topological polar surface area (TPSA) is 98.0 Å². The second-order valence-corrected chi connectivity index (χ2v) is 18.2. The number of piperidine rings is 1. The predicted octanol–water partition coefficient (Wildman–Crippen LogP) is 10.5. The van der Waals surface area contributed by atoms with Crippen LogP contribution in [0.3, 0.4) is 0 Å². The van der Waals surface area contributed by atoms with Crippen LogP contribution in [-0.2, 0) is 9.59 Å². The summed E-state index contributed by atoms with van der Waals surface area (Å²) in [5.74, 6) is 3.71. The second kappa shape index (κ2) is 14.5. The monoisotopic (exact) mass is 744 g/mol. The lowest BCUT2D eigenvalue weighted by atomic mass is 9.77. The summed E-state index contributed by atoms with van der Waals surface area (Å²) in [7, 11) is 0. The number of fused-ring (bicyclic) bond motifs is 3. The number of nitrogens with zero attached hydrogens (tertiary/aromatic N) is 4. The number of H-pyrrole nitrogens is 2. The molecule has 7 unspecified atom stereocenters. The molecule has 0 saturated carbocycles. The summed E-state index contributed by atoms with van der Waals surface area (Å²) >= 11 is 1.90. The lowest BCUT2D eigenvalue weighted by molar-refractivity contribution is -0.144. The van der Waals surface area contributed by atoms with Gasteiger partial charge in [-0.15, -0.1) is 11.8 Å². The van der Waals surface area contributed by atoms with E-state index in [4.69, 9.17) is 9.97 Å². The van der Waals surface area contributed by atoms with Gasteiger partial charge in [-0.05, 0) is 84.0 Å². The van der Waals surface area contributed by atoms with Gasteiger partial charge in [-0.2, -0.15) is 0 Å². The van der Waals surface area contributed by atoms with Crippen molar-refractivity contribution in [3.8, 4) is 22.3 Å². The van der Waals surface area contributed by atoms with Crippen LogP contribution < -0.4 is 0 Å². The van der Waals surface area contributed by atoms with E-state index in [0.717, 1.165) is 108 Å². The van der Waals surface area contributed by atoms with E-state index in [2.05, 4.69) is 129 Å². The molecule has 2 amide bonds. The summed E-state index contributed by atoms with van der Waals surface area (Å²) in [5, 5.41) is 0.561. The quantitative estimate of drug-likeness (QED) is 0.148. The van der Waals surface area contributed by atoms with Crippen molar-refractivity contribution < 1.29 is 9.59 Å². The minimum atomic E-state index is -0.401. The first-order chi connectivity index (χ1) is 26.0. The molecule has 3 saturated heterocycles. The van der Waals surface area contributed by atoms with E-state index in [0.29, 0.717) is 28.9 Å². The Balaban J connectivity index is 0.960. The number of amides is 2. The summed E-state index contributed by atoms with van der Waals surface area (Å²) in [6, 6.07) is 21.7. The molecule has 284 valence electrons. The van der Waals surface area contributed by atoms with E-state index in [1.54, 1.807) is 0 Å². The highest BCUT2D eigenvalue weighted by atomic mass is 32.2. The maximum Gasteiger partial charge on any atom is 0.229 e. The fourth-order valence-corrected chi connectivity index (χ4v) is 10.6. The van der Waals surface area contributed by atoms with Crippen LogP contribution in [0.15, 0.2) is 60.7 Å². The molecule has 0 aliphatic carbocycles. The molecule has 54 heavy (non-hydrogen) atoms. The summed E-state index contributed by atoms with van der Waals surface area (Å²) in [4.78, 5) is 48.6. The molecule has 0 bridgehead atoms. The van der Waals surface area contributed by atoms with Crippen molar-refractivity contribution in [2.75, 3.05) is 13.1 Å². The summed E-state index contributed by atoms with van der Waals surface area (Å²) in [6.45, 7) is 16.7. The number of hydrogen-bond donors (Lipinski definition) is 2. The van der Waals surface area contributed by atoms with Crippen molar-refractivity contribution in [2.45, 2.75) is 104 Å². The number of carbonyl (C=O) groups excluding carboxylic acids is 2. The van der Waals surface area contributed by atoms with Crippen molar-refractivity contribution in [1.29, 1.82) is 0 Å². The number of thioether (sulfide) groups is 1. The summed E-state index contributed by atoms with van der Waals surface area (Å²) < 4.78 is 0. The molecule has 3 fully saturated rings. The average Bonchev–Trinajstić information content (AvgIpc) is 3.94. The van der Waals surface area contributed by atoms with Crippen molar-refractivity contribution >= 4 is 45.6 Å². The maximum atomic E-state index is 13.7. The lowest BCUT2D eigenvalue weighted by Gasteiger charge is -2.52. The fraction of sp³-hybridized carbons (Fsp3) is 0.511. The Labute approximate surface area is 324 Å². The molecular weight excluding hydrogens is 689 g/mol. The SMILES string of the molecule is CCC(C)C(C)C(=O)N1CCCC2C(c3nc4ccc(-c5ccc(-c6ccc7nc(C8CCCN8C(=O)C(C)(C)C(C)CC)[nH]c7c6)cc5)cc4[nH]3)SC21. The first-order valence-electron chi connectivity index (χ1n) is 20.4. The molecule has 8 nitrogen and oxygen atoms in total. The van der Waals surface area contributed by atoms with Crippen LogP contribution in [0.1, 0.15) is 110 Å². The molecule has 9 heteroatoms. The first kappa shape index (κ1) is 36.8. The number of rotatable bonds is 10. The second-order valence-electron chi connectivity index (χ2n) is 16.9. The molecule has 3 aromatic carbocycles. The Morgan fingerprint density at radius 2 is 1.33 bits per heavy atom. The van der Waals surface area contributed by atoms with Crippen LogP contribution in [0, 0.1) is 29.1 Å². The third-order valence-corrected chi connectivity index (χ3v) is 15.3. The minimum absolute atomic E-state index is 0.0137. The van der Waals surface area contributed by atoms with Gasteiger partial charge >= 0.3 is 0 Å². The van der Waals surface area contributed by atoms with Crippen LogP contribution in [0.5, 0.6) is 0 Å². The van der Waals surface area contributed by atoms with Crippen LogP contribution in [-0.4, -0.2) is 60.0 Å². The average molecular weight is 745 g/mol. The number of nitrogens with one attached hydrogen (secondary N) is 2. The number of aromatic amines is 2. The number of benzene rings is 3. The number of likely N-dealkylation sites (tertiary alicyclic amines) is 2. The highest BCUT2D eigenvalue weighted by Crippen LogP contribution is 2.58. The predicted molar refractivity (Wildman–Crippen MR) is 221 cm³/mol. The minimum Gasteiger partial charge on any atom is -0.341 e. The molecule has 2 N–H and O–H groups in total. The Morgan fingerprint density at radius 1 is 0.778 bits per heavy atom. The van der Waals surface area contributed by atoms with Gasteiger partial charge in [0.1, 0.15) is 11.6 Å². The largest absolute Gasteiger partial charge is 0.341 e. The highest BCUT2D eigenvalue weighted by molar-refractivity contribution is 8.01. The van der Waals surface area contributed by atoms with E-state index in [9.17, 15) is 9.59 Å². The molecule has 3 aliphatic heterocycles. The van der Waals surface area contributed by atoms with Gasteiger partial charge < -0.3 is 19.8 Å². The summed E-state index contributed by atoms with van der Waals surface area (Å²) in [6.07, 6.45) is 6.15. The van der Waals surface area contributed by atoms with Gasteiger partial charge in [0.2, 0.25) is 11.8 Å². The Hall–Kier alpha value is -4.11. The Kier molecular flexibility index (Phi) is 9.90. The smallest absolute Gasteiger partial charge is 0.229 e. The van der Waals surface area contributed by atoms with Gasteiger partial charge in [0.15, 0.2) is 0 Å². The van der Waals surface area contributed by atoms with Crippen LogP contribution in [0.4, 0.5) is 0 Å². The molecule has 3 aliphatic rings. The van der Waals surface area contributed by atoms with Gasteiger partial charge in [0, 0.05) is 30.3 Å². The first-order valence-corrected chi connectivity index (χ1v) is 21.3. The van der Waals surface area contributed by atoms with Crippen LogP contribution >= 0.6 is 11.8 Å². The highest BCUT2D eigenvalue weighted by Gasteiger charge is 2.51. The van der Waals surface area contributed by atoms with Crippen molar-refractivity contribution in [2.24, 2.45) is 29.1 Å². The van der Waals surface area contributed by atoms with Crippen molar-refractivity contribution in [3.63, 3.8) is 0 Å². The van der Waals surface area contributed by atoms with Crippen molar-refractivity contribution in [1.82, 2.24) is 29.7 Å². The zero-order chi connectivity index (χ0) is 37.9. The molecule has 7 atom stereocenters. The van der Waals surface area contributed by atoms with Crippen LogP contribution in [0.25, 0.3) is 44.3 Å². The zero-order valence-corrected chi connectivity index (χ0v) is 33.8. The maximum absolute atomic E-state index is 13.7. The van der Waals surface area contributed by atoms with E-state index < -0.39 is 5.41 Å². The Morgan fingerprint density at radius 3 is 1.94 bits per heavy atom. The van der Waals surface area contributed by atoms with Crippen molar-refractivity contribution in [3.05, 3.63) is 72.3 Å². The number of hydrogen-bond acceptors (Lipinski definition) is 5. The lowest BCUT2D eigenvalue weighted by Crippen LogP contribution is -2.55. The van der Waals surface area contributed by atoms with E-state index in [-0.39, 0.29) is 23.2 Å². The molecule has 2 aromatic heterocycles. The number of imidazole rings is 2. The number of carbonyl (C=O) groups is 2. The summed E-state index contributed by atoms with van der Waals surface area (Å²) in [5.41, 5.74) is 8.14. The Bertz CT molecular complexity index is 2170. The third kappa shape index (κ3) is 6.44. The van der Waals surface area contributed by atoms with Gasteiger partial charge in [-0.25, -0.2) is 9.97 Å². The van der Waals surface area contributed by atoms with Gasteiger partial charge in [0.25, 0.3) is 0 Å². The molecule has 5 heterocycles. The van der Waals surface area contributed by atoms with Gasteiger partial charge in [-0.3, -0.25) is 9.59 Å². The zero-order valence-electron chi connectivity index (χ0n) is 33.0. The van der Waals surface area contributed by atoms with Gasteiger partial charge in [-0.1, -0.05) is 97.7 Å². The third-order valence-electron chi connectivity index (χ3n) is 13.5. The van der Waals surface area contributed by atoms with E-state index in [1.807, 2.05) is 11.8 Å². The van der Waals surface area contributed by atoms with Gasteiger partial charge in [0.05, 0.1) is 38.7 Å². The molecule has 0 radical (unpaired) electrons. The fourth-order valence-electron chi connectivity index (χ4n) is 8.95. The van der Waals surface area contributed by atoms with E-state index in [1.165, 1.54) is 0 Å². The molecule has 5 aromatic rings. The normalized spacial score (nSPS) is 23.3. The van der Waals surface area contributed by atoms with E-state index >= 15 is 0 Å². The molecule has 0 spiro atoms. The molecule has 8 rings (SSSR count). The molecular formula is C45H56N6O2S. The number of aromatic nitrogens is 4. The standard InChI is InChI=1S/C45H56N6O2S/c1-8-26(3)28(5)42(52)51-23-10-12-33-39(54-43(33)51)41-47-35-21-19-32(25-37(35)49-41)30-16-14-29(15-17-30)31-18-20-34-36(24-31)48-40(46-34)38-13-11-22-50(38)44(53)45(6,7)27(4)9-2/h14-21,24-28,33,38-39,43H,8-13,22-23H2,1-7H3,(H,46,48)(H,47,49). The van der Waals surface area contributed by atoms with Crippen LogP contribution in [0.2, 0.25) is 0 Å².